The van der Waals surface area contributed by atoms with E-state index >= 15 is 0 Å². The largest absolute Gasteiger partial charge is 0.354 e. The Kier molecular flexibility index (Phi) is 8.48. The van der Waals surface area contributed by atoms with Crippen LogP contribution in [-0.2, 0) is 6.54 Å². The molecule has 4 rings (SSSR count). The summed E-state index contributed by atoms with van der Waals surface area (Å²) in [5.41, 5.74) is 4.39. The number of carbonyl (C=O) groups is 1. The lowest BCUT2D eigenvalue weighted by atomic mass is 10.1. The average Bonchev–Trinajstić information content (AvgIpc) is 3.22. The summed E-state index contributed by atoms with van der Waals surface area (Å²) < 4.78 is 16.1. The van der Waals surface area contributed by atoms with Gasteiger partial charge in [-0.1, -0.05) is 32.0 Å². The number of rotatable bonds is 8. The van der Waals surface area contributed by atoms with Crippen molar-refractivity contribution in [2.75, 3.05) is 42.9 Å². The van der Waals surface area contributed by atoms with Gasteiger partial charge in [0.05, 0.1) is 17.9 Å². The number of nitrogens with zero attached hydrogens (tertiary/aromatic N) is 5. The summed E-state index contributed by atoms with van der Waals surface area (Å²) in [6.45, 7) is 15.4. The van der Waals surface area contributed by atoms with Crippen molar-refractivity contribution in [1.29, 1.82) is 0 Å². The first-order valence-electron chi connectivity index (χ1n) is 13.3. The van der Waals surface area contributed by atoms with E-state index < -0.39 is 0 Å². The molecule has 0 saturated carbocycles. The van der Waals surface area contributed by atoms with Gasteiger partial charge in [0, 0.05) is 43.5 Å². The van der Waals surface area contributed by atoms with Gasteiger partial charge in [-0.25, -0.2) is 13.9 Å². The second kappa shape index (κ2) is 11.8. The van der Waals surface area contributed by atoms with E-state index in [1.165, 1.54) is 12.1 Å². The molecule has 1 N–H and O–H groups in total. The smallest absolute Gasteiger partial charge is 0.322 e. The van der Waals surface area contributed by atoms with Crippen molar-refractivity contribution in [1.82, 2.24) is 19.6 Å². The molecule has 0 spiro atoms. The lowest BCUT2D eigenvalue weighted by molar-refractivity contribution is 0.187. The highest BCUT2D eigenvalue weighted by molar-refractivity contribution is 5.89. The van der Waals surface area contributed by atoms with E-state index in [1.807, 2.05) is 53.8 Å². The van der Waals surface area contributed by atoms with Crippen molar-refractivity contribution >= 4 is 17.5 Å². The minimum absolute atomic E-state index is 0.0199. The Hall–Kier alpha value is -3.39. The molecule has 0 aliphatic carbocycles. The second-order valence-corrected chi connectivity index (χ2v) is 9.89. The number of benzene rings is 2. The van der Waals surface area contributed by atoms with E-state index in [2.05, 4.69) is 35.9 Å². The summed E-state index contributed by atoms with van der Waals surface area (Å²) in [4.78, 5) is 20.2. The monoisotopic (exact) mass is 506 g/mol. The molecule has 1 aliphatic rings. The molecule has 37 heavy (non-hydrogen) atoms. The first-order valence-corrected chi connectivity index (χ1v) is 13.3. The van der Waals surface area contributed by atoms with E-state index in [0.29, 0.717) is 12.2 Å². The predicted octanol–water partition coefficient (Wildman–Crippen LogP) is 5.60. The molecule has 7 nitrogen and oxygen atoms in total. The molecule has 1 aromatic heterocycles. The fraction of sp³-hybridized carbons (Fsp3) is 0.448. The molecular weight excluding hydrogens is 467 g/mol. The molecule has 1 fully saturated rings. The number of anilines is 2. The Labute approximate surface area is 219 Å². The molecule has 0 unspecified atom stereocenters. The van der Waals surface area contributed by atoms with Gasteiger partial charge in [0.1, 0.15) is 11.6 Å². The Morgan fingerprint density at radius 3 is 2.46 bits per heavy atom. The lowest BCUT2D eigenvalue weighted by Gasteiger charge is -2.37. The fourth-order valence-corrected chi connectivity index (χ4v) is 4.86. The number of hydrogen-bond donors (Lipinski definition) is 1. The van der Waals surface area contributed by atoms with Crippen LogP contribution in [0.1, 0.15) is 44.0 Å². The Bertz CT molecular complexity index is 1220. The number of aryl methyl sites for hydroxylation is 2. The quantitative estimate of drug-likeness (QED) is 0.432. The normalized spacial score (nSPS) is 15.0. The van der Waals surface area contributed by atoms with Crippen molar-refractivity contribution in [3.63, 3.8) is 0 Å². The van der Waals surface area contributed by atoms with Gasteiger partial charge in [-0.2, -0.15) is 5.10 Å². The Morgan fingerprint density at radius 1 is 1.08 bits per heavy atom. The molecule has 1 atom stereocenters. The number of likely N-dealkylation sites (N-methyl/N-ethyl adjacent to an activating group) is 1. The van der Waals surface area contributed by atoms with Gasteiger partial charge in [-0.05, 0) is 69.6 Å². The molecule has 3 aromatic rings. The highest BCUT2D eigenvalue weighted by Crippen LogP contribution is 2.31. The topological polar surface area (TPSA) is 56.6 Å². The molecule has 8 heteroatoms. The first kappa shape index (κ1) is 26.7. The molecule has 2 aromatic carbocycles. The molecule has 2 heterocycles. The minimum atomic E-state index is -0.298. The maximum atomic E-state index is 14.2. The highest BCUT2D eigenvalue weighted by atomic mass is 19.1. The summed E-state index contributed by atoms with van der Waals surface area (Å²) in [5, 5.41) is 7.95. The summed E-state index contributed by atoms with van der Waals surface area (Å²) >= 11 is 0. The van der Waals surface area contributed by atoms with Gasteiger partial charge in [0.25, 0.3) is 0 Å². The van der Waals surface area contributed by atoms with Gasteiger partial charge in [-0.3, -0.25) is 0 Å². The SMILES string of the molecule is CC[C@@H](C)N(Cc1c(C)nn(-c2cccc(F)c2)c1N1CCN(CC)CC1)C(=O)Nc1cccc(C)c1. The van der Waals surface area contributed by atoms with Gasteiger partial charge in [0.2, 0.25) is 0 Å². The molecule has 0 radical (unpaired) electrons. The van der Waals surface area contributed by atoms with Crippen LogP contribution in [0.15, 0.2) is 48.5 Å². The van der Waals surface area contributed by atoms with Crippen LogP contribution in [-0.4, -0.2) is 64.4 Å². The van der Waals surface area contributed by atoms with E-state index in [0.717, 1.165) is 67.5 Å². The number of nitrogens with one attached hydrogen (secondary N) is 1. The van der Waals surface area contributed by atoms with Crippen molar-refractivity contribution in [2.45, 2.75) is 53.6 Å². The first-order chi connectivity index (χ1) is 17.8. The molecule has 1 aliphatic heterocycles. The summed E-state index contributed by atoms with van der Waals surface area (Å²) in [6.07, 6.45) is 0.822. The second-order valence-electron chi connectivity index (χ2n) is 9.89. The van der Waals surface area contributed by atoms with Gasteiger partial charge < -0.3 is 20.0 Å². The summed E-state index contributed by atoms with van der Waals surface area (Å²) in [5.74, 6) is 0.642. The van der Waals surface area contributed by atoms with Gasteiger partial charge in [-0.15, -0.1) is 0 Å². The van der Waals surface area contributed by atoms with Crippen LogP contribution in [0.5, 0.6) is 0 Å². The van der Waals surface area contributed by atoms with Crippen LogP contribution in [0.2, 0.25) is 0 Å². The highest BCUT2D eigenvalue weighted by Gasteiger charge is 2.29. The van der Waals surface area contributed by atoms with Crippen LogP contribution in [0, 0.1) is 19.7 Å². The third-order valence-electron chi connectivity index (χ3n) is 7.31. The molecule has 198 valence electrons. The molecular formula is C29H39FN6O. The number of halogens is 1. The van der Waals surface area contributed by atoms with Gasteiger partial charge >= 0.3 is 6.03 Å². The summed E-state index contributed by atoms with van der Waals surface area (Å²) in [6, 6.07) is 14.3. The zero-order valence-corrected chi connectivity index (χ0v) is 22.7. The van der Waals surface area contributed by atoms with Gasteiger partial charge in [0.15, 0.2) is 0 Å². The maximum Gasteiger partial charge on any atom is 0.322 e. The zero-order valence-electron chi connectivity index (χ0n) is 22.7. The van der Waals surface area contributed by atoms with Crippen molar-refractivity contribution < 1.29 is 9.18 Å². The molecule has 0 bridgehead atoms. The molecule has 2 amide bonds. The number of hydrogen-bond acceptors (Lipinski definition) is 4. The number of urea groups is 1. The number of carbonyl (C=O) groups excluding carboxylic acids is 1. The third-order valence-corrected chi connectivity index (χ3v) is 7.31. The number of piperazine rings is 1. The number of amides is 2. The summed E-state index contributed by atoms with van der Waals surface area (Å²) in [7, 11) is 0. The number of aromatic nitrogens is 2. The minimum Gasteiger partial charge on any atom is -0.354 e. The zero-order chi connectivity index (χ0) is 26.5. The van der Waals surface area contributed by atoms with E-state index in [-0.39, 0.29) is 17.9 Å². The lowest BCUT2D eigenvalue weighted by Crippen LogP contribution is -2.47. The van der Waals surface area contributed by atoms with Crippen LogP contribution >= 0.6 is 0 Å². The van der Waals surface area contributed by atoms with E-state index in [4.69, 9.17) is 5.10 Å². The van der Waals surface area contributed by atoms with Crippen molar-refractivity contribution in [3.05, 3.63) is 71.2 Å². The molecule has 1 saturated heterocycles. The average molecular weight is 507 g/mol. The van der Waals surface area contributed by atoms with Crippen LogP contribution in [0.4, 0.5) is 20.7 Å². The maximum absolute atomic E-state index is 14.2. The van der Waals surface area contributed by atoms with E-state index in [9.17, 15) is 9.18 Å². The Balaban J connectivity index is 1.72. The van der Waals surface area contributed by atoms with Crippen LogP contribution < -0.4 is 10.2 Å². The van der Waals surface area contributed by atoms with E-state index in [1.54, 1.807) is 6.07 Å². The Morgan fingerprint density at radius 2 is 1.81 bits per heavy atom. The fourth-order valence-electron chi connectivity index (χ4n) is 4.86. The standard InChI is InChI=1S/C29H39FN6O/c1-6-22(4)35(29(37)31-25-12-8-10-21(3)18-25)20-27-23(5)32-36(26-13-9-11-24(30)19-26)28(27)34-16-14-33(7-2)15-17-34/h8-13,18-19,22H,6-7,14-17,20H2,1-5H3,(H,31,37)/t22-/m1/s1. The van der Waals surface area contributed by atoms with Crippen LogP contribution in [0.25, 0.3) is 5.69 Å². The van der Waals surface area contributed by atoms with Crippen molar-refractivity contribution in [3.8, 4) is 5.69 Å². The van der Waals surface area contributed by atoms with Crippen molar-refractivity contribution in [2.24, 2.45) is 0 Å². The van der Waals surface area contributed by atoms with Crippen LogP contribution in [0.3, 0.4) is 0 Å². The predicted molar refractivity (Wildman–Crippen MR) is 148 cm³/mol. The third kappa shape index (κ3) is 6.13.